The van der Waals surface area contributed by atoms with Gasteiger partial charge in [0.2, 0.25) is 5.65 Å². The third-order valence-corrected chi connectivity index (χ3v) is 4.15. The maximum atomic E-state index is 9.85. The maximum Gasteiger partial charge on any atom is 0.203 e. The molecule has 2 aromatic heterocycles. The molecule has 1 N–H and O–H groups in total. The predicted octanol–water partition coefficient (Wildman–Crippen LogP) is 0.616. The summed E-state index contributed by atoms with van der Waals surface area (Å²) < 4.78 is 1.90. The number of nitrogens with zero attached hydrogens (tertiary/aromatic N) is 5. The van der Waals surface area contributed by atoms with Gasteiger partial charge in [-0.05, 0) is 25.7 Å². The van der Waals surface area contributed by atoms with Crippen molar-refractivity contribution in [3.63, 3.8) is 0 Å². The van der Waals surface area contributed by atoms with Gasteiger partial charge < -0.3 is 10.0 Å². The summed E-state index contributed by atoms with van der Waals surface area (Å²) in [7, 11) is 0. The third kappa shape index (κ3) is 1.35. The molecule has 2 aliphatic heterocycles. The van der Waals surface area contributed by atoms with Crippen LogP contribution in [0.1, 0.15) is 25.7 Å². The monoisotopic (exact) mass is 245 g/mol. The lowest BCUT2D eigenvalue weighted by Gasteiger charge is -2.37. The highest BCUT2D eigenvalue weighted by Crippen LogP contribution is 2.39. The molecule has 4 heterocycles. The molecule has 2 atom stereocenters. The maximum absolute atomic E-state index is 9.85. The van der Waals surface area contributed by atoms with E-state index in [0.29, 0.717) is 12.1 Å². The van der Waals surface area contributed by atoms with Gasteiger partial charge in [-0.1, -0.05) is 0 Å². The molecule has 0 amide bonds. The zero-order valence-electron chi connectivity index (χ0n) is 9.98. The number of anilines is 1. The van der Waals surface area contributed by atoms with Crippen molar-refractivity contribution in [1.29, 1.82) is 0 Å². The molecule has 2 aliphatic rings. The first kappa shape index (κ1) is 10.3. The Morgan fingerprint density at radius 2 is 2.00 bits per heavy atom. The molecule has 0 aromatic carbocycles. The SMILES string of the molecule is OC1CC2CCC(C1)N2c1nccn2cnnc12. The molecule has 0 aliphatic carbocycles. The van der Waals surface area contributed by atoms with Crippen LogP contribution in [0.3, 0.4) is 0 Å². The van der Waals surface area contributed by atoms with Crippen LogP contribution in [-0.4, -0.2) is 42.9 Å². The van der Waals surface area contributed by atoms with Gasteiger partial charge >= 0.3 is 0 Å². The third-order valence-electron chi connectivity index (χ3n) is 4.15. The van der Waals surface area contributed by atoms with E-state index >= 15 is 0 Å². The van der Waals surface area contributed by atoms with E-state index in [9.17, 15) is 5.11 Å². The number of piperidine rings is 1. The molecular weight excluding hydrogens is 230 g/mol. The van der Waals surface area contributed by atoms with Crippen LogP contribution >= 0.6 is 0 Å². The normalized spacial score (nSPS) is 31.2. The minimum Gasteiger partial charge on any atom is -0.393 e. The zero-order chi connectivity index (χ0) is 12.1. The summed E-state index contributed by atoms with van der Waals surface area (Å²) in [5.74, 6) is 0.911. The van der Waals surface area contributed by atoms with Gasteiger partial charge in [-0.25, -0.2) is 4.98 Å². The molecule has 0 radical (unpaired) electrons. The average Bonchev–Trinajstić information content (AvgIpc) is 2.92. The Hall–Kier alpha value is -1.69. The smallest absolute Gasteiger partial charge is 0.203 e. The zero-order valence-corrected chi connectivity index (χ0v) is 9.98. The Morgan fingerprint density at radius 1 is 1.22 bits per heavy atom. The van der Waals surface area contributed by atoms with Gasteiger partial charge in [0.05, 0.1) is 6.10 Å². The molecule has 2 aromatic rings. The largest absolute Gasteiger partial charge is 0.393 e. The quantitative estimate of drug-likeness (QED) is 0.797. The molecule has 0 saturated carbocycles. The van der Waals surface area contributed by atoms with Crippen LogP contribution in [0, 0.1) is 0 Å². The first-order valence-corrected chi connectivity index (χ1v) is 6.43. The molecule has 2 fully saturated rings. The second-order valence-electron chi connectivity index (χ2n) is 5.23. The van der Waals surface area contributed by atoms with Crippen LogP contribution in [0.25, 0.3) is 5.65 Å². The Kier molecular flexibility index (Phi) is 2.08. The first-order valence-electron chi connectivity index (χ1n) is 6.43. The second-order valence-corrected chi connectivity index (χ2v) is 5.23. The lowest BCUT2D eigenvalue weighted by molar-refractivity contribution is 0.126. The number of hydrogen-bond donors (Lipinski definition) is 1. The fourth-order valence-corrected chi connectivity index (χ4v) is 3.42. The van der Waals surface area contributed by atoms with E-state index in [0.717, 1.165) is 37.1 Å². The molecule has 2 unspecified atom stereocenters. The number of aliphatic hydroxyl groups excluding tert-OH is 1. The van der Waals surface area contributed by atoms with Crippen molar-refractivity contribution in [2.24, 2.45) is 0 Å². The van der Waals surface area contributed by atoms with Crippen molar-refractivity contribution in [3.05, 3.63) is 18.7 Å². The lowest BCUT2D eigenvalue weighted by Crippen LogP contribution is -2.45. The highest BCUT2D eigenvalue weighted by molar-refractivity contribution is 5.65. The van der Waals surface area contributed by atoms with Gasteiger partial charge in [-0.2, -0.15) is 0 Å². The standard InChI is InChI=1S/C12H15N5O/c18-10-5-8-1-2-9(6-10)17(8)11-12-15-14-7-16(12)4-3-13-11/h3-4,7-10,18H,1-2,5-6H2. The van der Waals surface area contributed by atoms with Crippen molar-refractivity contribution in [3.8, 4) is 0 Å². The number of rotatable bonds is 1. The topological polar surface area (TPSA) is 66.5 Å². The van der Waals surface area contributed by atoms with Crippen LogP contribution in [0.2, 0.25) is 0 Å². The van der Waals surface area contributed by atoms with Crippen molar-refractivity contribution in [2.45, 2.75) is 43.9 Å². The highest BCUT2D eigenvalue weighted by Gasteiger charge is 2.41. The Morgan fingerprint density at radius 3 is 2.78 bits per heavy atom. The van der Waals surface area contributed by atoms with Gasteiger partial charge in [0.25, 0.3) is 0 Å². The molecule has 18 heavy (non-hydrogen) atoms. The number of aromatic nitrogens is 4. The average molecular weight is 245 g/mol. The van der Waals surface area contributed by atoms with E-state index in [4.69, 9.17) is 0 Å². The van der Waals surface area contributed by atoms with Crippen molar-refractivity contribution >= 4 is 11.5 Å². The minimum absolute atomic E-state index is 0.156. The van der Waals surface area contributed by atoms with Gasteiger partial charge in [-0.15, -0.1) is 10.2 Å². The highest BCUT2D eigenvalue weighted by atomic mass is 16.3. The fraction of sp³-hybridized carbons (Fsp3) is 0.583. The van der Waals surface area contributed by atoms with Crippen molar-refractivity contribution in [2.75, 3.05) is 4.90 Å². The minimum atomic E-state index is -0.156. The lowest BCUT2D eigenvalue weighted by atomic mass is 10.00. The van der Waals surface area contributed by atoms with Gasteiger partial charge in [0, 0.05) is 24.5 Å². The molecule has 6 nitrogen and oxygen atoms in total. The predicted molar refractivity (Wildman–Crippen MR) is 65.3 cm³/mol. The van der Waals surface area contributed by atoms with Crippen LogP contribution < -0.4 is 4.90 Å². The van der Waals surface area contributed by atoms with E-state index in [1.807, 2.05) is 10.6 Å². The number of aliphatic hydroxyl groups is 1. The van der Waals surface area contributed by atoms with Crippen molar-refractivity contribution < 1.29 is 5.11 Å². The van der Waals surface area contributed by atoms with Crippen LogP contribution in [0.5, 0.6) is 0 Å². The van der Waals surface area contributed by atoms with E-state index in [-0.39, 0.29) is 6.10 Å². The van der Waals surface area contributed by atoms with Crippen LogP contribution in [0.15, 0.2) is 18.7 Å². The van der Waals surface area contributed by atoms with Gasteiger partial charge in [-0.3, -0.25) is 4.40 Å². The van der Waals surface area contributed by atoms with Crippen LogP contribution in [0.4, 0.5) is 5.82 Å². The van der Waals surface area contributed by atoms with E-state index < -0.39 is 0 Å². The summed E-state index contributed by atoms with van der Waals surface area (Å²) in [6.45, 7) is 0. The Balaban J connectivity index is 1.81. The van der Waals surface area contributed by atoms with E-state index in [1.165, 1.54) is 0 Å². The van der Waals surface area contributed by atoms with Gasteiger partial charge in [0.1, 0.15) is 6.33 Å². The molecule has 6 heteroatoms. The summed E-state index contributed by atoms with van der Waals surface area (Å²) in [5.41, 5.74) is 0.811. The van der Waals surface area contributed by atoms with E-state index in [2.05, 4.69) is 20.1 Å². The summed E-state index contributed by atoms with van der Waals surface area (Å²) in [5, 5.41) is 17.9. The molecule has 2 saturated heterocycles. The van der Waals surface area contributed by atoms with E-state index in [1.54, 1.807) is 12.5 Å². The number of fused-ring (bicyclic) bond motifs is 3. The first-order chi connectivity index (χ1) is 8.83. The molecular formula is C12H15N5O. The van der Waals surface area contributed by atoms with Crippen molar-refractivity contribution in [1.82, 2.24) is 19.6 Å². The molecule has 2 bridgehead atoms. The van der Waals surface area contributed by atoms with Crippen LogP contribution in [-0.2, 0) is 0 Å². The summed E-state index contributed by atoms with van der Waals surface area (Å²) in [6.07, 6.45) is 9.14. The number of hydrogen-bond acceptors (Lipinski definition) is 5. The summed E-state index contributed by atoms with van der Waals surface area (Å²) >= 11 is 0. The fourth-order valence-electron chi connectivity index (χ4n) is 3.42. The Bertz CT molecular complexity index is 569. The molecule has 94 valence electrons. The summed E-state index contributed by atoms with van der Waals surface area (Å²) in [6, 6.07) is 0.795. The van der Waals surface area contributed by atoms with Gasteiger partial charge in [0.15, 0.2) is 5.82 Å². The Labute approximate surface area is 104 Å². The second kappa shape index (κ2) is 3.65. The molecule has 0 spiro atoms. The molecule has 4 rings (SSSR count). The summed E-state index contributed by atoms with van der Waals surface area (Å²) in [4.78, 5) is 6.83.